The van der Waals surface area contributed by atoms with Gasteiger partial charge in [-0.2, -0.15) is 23.3 Å². The van der Waals surface area contributed by atoms with Crippen LogP contribution in [0.4, 0.5) is 24.8 Å². The van der Waals surface area contributed by atoms with Gasteiger partial charge in [0.05, 0.1) is 28.5 Å². The van der Waals surface area contributed by atoms with Gasteiger partial charge in [0.2, 0.25) is 5.95 Å². The maximum atomic E-state index is 13.6. The van der Waals surface area contributed by atoms with E-state index in [1.807, 2.05) is 0 Å². The van der Waals surface area contributed by atoms with E-state index in [-0.39, 0.29) is 34.2 Å². The highest BCUT2D eigenvalue weighted by Gasteiger charge is 2.38. The number of alkyl halides is 3. The number of halogens is 3. The van der Waals surface area contributed by atoms with E-state index in [1.165, 1.54) is 6.07 Å². The number of fused-ring (bicyclic) bond motifs is 3. The summed E-state index contributed by atoms with van der Waals surface area (Å²) in [6.07, 6.45) is -0.783. The fourth-order valence-corrected chi connectivity index (χ4v) is 4.51. The highest BCUT2D eigenvalue weighted by Crippen LogP contribution is 2.41. The number of pyridine rings is 1. The van der Waals surface area contributed by atoms with Crippen molar-refractivity contribution in [2.45, 2.75) is 38.8 Å². The van der Waals surface area contributed by atoms with Gasteiger partial charge < -0.3 is 5.73 Å². The number of benzene rings is 1. The van der Waals surface area contributed by atoms with E-state index >= 15 is 0 Å². The number of nitrogens with one attached hydrogen (secondary N) is 3. The number of H-pyrrole nitrogens is 2. The van der Waals surface area contributed by atoms with Gasteiger partial charge in [0.25, 0.3) is 5.71 Å². The summed E-state index contributed by atoms with van der Waals surface area (Å²) in [6, 6.07) is 3.14. The monoisotopic (exact) mass is 484 g/mol. The fourth-order valence-electron chi connectivity index (χ4n) is 4.51. The number of nitrogen functional groups attached to an aromatic ring is 1. The normalized spacial score (nSPS) is 13.6. The quantitative estimate of drug-likeness (QED) is 0.219. The van der Waals surface area contributed by atoms with Crippen molar-refractivity contribution in [3.05, 3.63) is 46.5 Å². The van der Waals surface area contributed by atoms with Gasteiger partial charge in [-0.1, -0.05) is 0 Å². The predicted molar refractivity (Wildman–Crippen MR) is 121 cm³/mol. The van der Waals surface area contributed by atoms with Crippen molar-refractivity contribution in [1.29, 1.82) is 0 Å². The summed E-state index contributed by atoms with van der Waals surface area (Å²) in [6.45, 7) is 1.68. The maximum Gasteiger partial charge on any atom is 0.433 e. The second-order valence-corrected chi connectivity index (χ2v) is 8.32. The highest BCUT2D eigenvalue weighted by atomic mass is 19.4. The van der Waals surface area contributed by atoms with Gasteiger partial charge in [-0.05, 0) is 55.9 Å². The molecular weight excluding hydrogens is 463 g/mol. The molecule has 3 aromatic heterocycles. The number of aromatic nitrogens is 6. The standard InChI is InChI=1S/C22H20F3N9O/c1-9-29-21(34-32-9)31-20(35)17(27)16-13(26)6-7-14-15(16)10-4-2-3-5-11(10)18(30-14)12-8-28-33-19(12)22(23,24)25/h6-8,27H,2-5,26H2,1H3,(H,28,33)(H2,29,31,32,34,35)/p+1. The van der Waals surface area contributed by atoms with Crippen LogP contribution < -0.4 is 16.5 Å². The molecule has 0 bridgehead atoms. The van der Waals surface area contributed by atoms with E-state index in [0.29, 0.717) is 35.1 Å². The van der Waals surface area contributed by atoms with Gasteiger partial charge in [0.15, 0.2) is 0 Å². The Hall–Kier alpha value is -4.29. The van der Waals surface area contributed by atoms with E-state index in [4.69, 9.17) is 11.1 Å². The lowest BCUT2D eigenvalue weighted by atomic mass is 9.84. The number of aryl methyl sites for hydroxylation is 2. The molecule has 5 rings (SSSR count). The first kappa shape index (κ1) is 22.5. The number of hydrogen-bond acceptors (Lipinski definition) is 6. The van der Waals surface area contributed by atoms with Gasteiger partial charge in [-0.3, -0.25) is 20.3 Å². The minimum absolute atomic E-state index is 0.0522. The Bertz CT molecular complexity index is 1490. The summed E-state index contributed by atoms with van der Waals surface area (Å²) in [4.78, 5) is 21.5. The Kier molecular flexibility index (Phi) is 5.26. The molecule has 0 fully saturated rings. The third kappa shape index (κ3) is 3.88. The van der Waals surface area contributed by atoms with Gasteiger partial charge in [-0.25, -0.2) is 10.4 Å². The zero-order valence-electron chi connectivity index (χ0n) is 18.5. The van der Waals surface area contributed by atoms with Gasteiger partial charge in [-0.15, -0.1) is 5.10 Å². The number of hydrogen-bond donors (Lipinski definition) is 5. The van der Waals surface area contributed by atoms with Crippen LogP contribution in [0.15, 0.2) is 18.3 Å². The molecule has 1 aliphatic carbocycles. The van der Waals surface area contributed by atoms with Crippen LogP contribution in [0.25, 0.3) is 22.2 Å². The molecule has 4 aromatic rings. The molecule has 0 spiro atoms. The van der Waals surface area contributed by atoms with E-state index in [0.717, 1.165) is 24.6 Å². The molecule has 0 aliphatic heterocycles. The summed E-state index contributed by atoms with van der Waals surface area (Å²) in [5, 5.41) is 21.5. The summed E-state index contributed by atoms with van der Waals surface area (Å²) >= 11 is 0. The van der Waals surface area contributed by atoms with Gasteiger partial charge >= 0.3 is 12.1 Å². The van der Waals surface area contributed by atoms with Crippen molar-refractivity contribution in [2.24, 2.45) is 0 Å². The van der Waals surface area contributed by atoms with E-state index in [1.54, 1.807) is 13.0 Å². The average molecular weight is 484 g/mol. The molecule has 0 saturated carbocycles. The molecule has 13 heteroatoms. The molecular formula is C22H21F3N9O+. The Morgan fingerprint density at radius 1 is 1.14 bits per heavy atom. The maximum absolute atomic E-state index is 13.6. The number of rotatable bonds is 4. The Morgan fingerprint density at radius 2 is 1.89 bits per heavy atom. The first-order valence-corrected chi connectivity index (χ1v) is 10.8. The number of nitrogens with zero attached hydrogens (tertiary/aromatic N) is 4. The van der Waals surface area contributed by atoms with Crippen molar-refractivity contribution in [3.8, 4) is 11.3 Å². The van der Waals surface area contributed by atoms with Crippen molar-refractivity contribution < 1.29 is 23.4 Å². The van der Waals surface area contributed by atoms with Gasteiger partial charge in [0.1, 0.15) is 11.5 Å². The van der Waals surface area contributed by atoms with Crippen molar-refractivity contribution >= 4 is 34.2 Å². The lowest BCUT2D eigenvalue weighted by molar-refractivity contribution is -0.140. The lowest BCUT2D eigenvalue weighted by Crippen LogP contribution is -2.48. The number of carbonyl (C=O) groups excluding carboxylic acids is 1. The summed E-state index contributed by atoms with van der Waals surface area (Å²) in [5.74, 6) is -0.103. The number of nitrogens with two attached hydrogens (primary N) is 2. The van der Waals surface area contributed by atoms with Crippen molar-refractivity contribution in [2.75, 3.05) is 11.1 Å². The van der Waals surface area contributed by atoms with Crippen molar-refractivity contribution in [3.63, 3.8) is 0 Å². The first-order valence-electron chi connectivity index (χ1n) is 10.8. The second kappa shape index (κ2) is 8.18. The van der Waals surface area contributed by atoms with Crippen LogP contribution in [-0.2, 0) is 23.8 Å². The van der Waals surface area contributed by atoms with Crippen LogP contribution in [0, 0.1) is 6.92 Å². The SMILES string of the molecule is Cc1nc(NC(=O)C(=[NH2+])c2c(N)ccc3nc(-c4cn[nH]c4C(F)(F)F)c4c(c23)CCCC4)n[nH]1. The lowest BCUT2D eigenvalue weighted by Gasteiger charge is -2.23. The number of carbonyl (C=O) groups is 1. The molecule has 180 valence electrons. The van der Waals surface area contributed by atoms with Crippen LogP contribution in [0.2, 0.25) is 0 Å². The summed E-state index contributed by atoms with van der Waals surface area (Å²) in [5.41, 5.74) is 7.58. The molecule has 3 heterocycles. The van der Waals surface area contributed by atoms with Crippen LogP contribution in [0.5, 0.6) is 0 Å². The summed E-state index contributed by atoms with van der Waals surface area (Å²) in [7, 11) is 0. The van der Waals surface area contributed by atoms with Crippen molar-refractivity contribution in [1.82, 2.24) is 30.4 Å². The largest absolute Gasteiger partial charge is 0.433 e. The molecule has 1 amide bonds. The molecule has 0 unspecified atom stereocenters. The molecule has 35 heavy (non-hydrogen) atoms. The molecule has 0 radical (unpaired) electrons. The molecule has 0 atom stereocenters. The number of anilines is 2. The first-order chi connectivity index (χ1) is 16.6. The second-order valence-electron chi connectivity index (χ2n) is 8.32. The van der Waals surface area contributed by atoms with E-state index in [2.05, 4.69) is 35.7 Å². The van der Waals surface area contributed by atoms with Crippen LogP contribution >= 0.6 is 0 Å². The fraction of sp³-hybridized carbons (Fsp3) is 0.273. The summed E-state index contributed by atoms with van der Waals surface area (Å²) < 4.78 is 40.8. The minimum atomic E-state index is -4.62. The molecule has 10 nitrogen and oxygen atoms in total. The smallest absolute Gasteiger partial charge is 0.398 e. The Balaban J connectivity index is 1.69. The molecule has 0 saturated heterocycles. The zero-order chi connectivity index (χ0) is 24.9. The van der Waals surface area contributed by atoms with Crippen LogP contribution in [0.1, 0.15) is 41.1 Å². The van der Waals surface area contributed by atoms with E-state index < -0.39 is 17.8 Å². The Morgan fingerprint density at radius 3 is 2.57 bits per heavy atom. The zero-order valence-corrected chi connectivity index (χ0v) is 18.5. The molecule has 1 aliphatic rings. The third-order valence-corrected chi connectivity index (χ3v) is 6.02. The molecule has 1 aromatic carbocycles. The Labute approximate surface area is 196 Å². The predicted octanol–water partition coefficient (Wildman–Crippen LogP) is 1.72. The topological polar surface area (TPSA) is 164 Å². The highest BCUT2D eigenvalue weighted by molar-refractivity contribution is 6.49. The number of aromatic amines is 2. The minimum Gasteiger partial charge on any atom is -0.398 e. The number of amides is 1. The van der Waals surface area contributed by atoms with Crippen LogP contribution in [-0.4, -0.2) is 42.0 Å². The van der Waals surface area contributed by atoms with E-state index in [9.17, 15) is 18.0 Å². The molecule has 7 N–H and O–H groups in total. The van der Waals surface area contributed by atoms with Crippen LogP contribution in [0.3, 0.4) is 0 Å². The van der Waals surface area contributed by atoms with Gasteiger partial charge in [0, 0.05) is 11.1 Å². The third-order valence-electron chi connectivity index (χ3n) is 6.02. The average Bonchev–Trinajstić information content (AvgIpc) is 3.47.